The summed E-state index contributed by atoms with van der Waals surface area (Å²) in [4.78, 5) is 26.9. The van der Waals surface area contributed by atoms with E-state index in [4.69, 9.17) is 0 Å². The smallest absolute Gasteiger partial charge is 0.261 e. The highest BCUT2D eigenvalue weighted by Crippen LogP contribution is 2.22. The lowest BCUT2D eigenvalue weighted by atomic mass is 10.0. The van der Waals surface area contributed by atoms with Gasteiger partial charge >= 0.3 is 0 Å². The summed E-state index contributed by atoms with van der Waals surface area (Å²) in [6.45, 7) is 4.68. The molecule has 6 heteroatoms. The maximum atomic E-state index is 13.0. The van der Waals surface area contributed by atoms with Crippen LogP contribution in [0.25, 0.3) is 10.9 Å². The summed E-state index contributed by atoms with van der Waals surface area (Å²) >= 11 is 0. The third-order valence-corrected chi connectivity index (χ3v) is 6.52. The molecule has 6 nitrogen and oxygen atoms in total. The molecule has 168 valence electrons. The Kier molecular flexibility index (Phi) is 6.44. The van der Waals surface area contributed by atoms with Crippen molar-refractivity contribution < 1.29 is 0 Å². The van der Waals surface area contributed by atoms with Crippen LogP contribution in [0.3, 0.4) is 0 Å². The molecule has 33 heavy (non-hydrogen) atoms. The molecule has 0 unspecified atom stereocenters. The average Bonchev–Trinajstić information content (AvgIpc) is 2.88. The van der Waals surface area contributed by atoms with Crippen LogP contribution in [0, 0.1) is 0 Å². The minimum atomic E-state index is 0.0724. The number of rotatable bonds is 7. The Balaban J connectivity index is 1.22. The van der Waals surface area contributed by atoms with Gasteiger partial charge < -0.3 is 9.80 Å². The minimum Gasteiger partial charge on any atom is -0.351 e. The molecule has 5 rings (SSSR count). The number of piperidine rings is 1. The van der Waals surface area contributed by atoms with Crippen LogP contribution in [-0.4, -0.2) is 45.6 Å². The van der Waals surface area contributed by atoms with Gasteiger partial charge in [-0.2, -0.15) is 0 Å². The van der Waals surface area contributed by atoms with Crippen molar-refractivity contribution in [2.24, 2.45) is 0 Å². The predicted molar refractivity (Wildman–Crippen MR) is 132 cm³/mol. The first-order chi connectivity index (χ1) is 16.3. The lowest BCUT2D eigenvalue weighted by Gasteiger charge is -2.34. The zero-order valence-corrected chi connectivity index (χ0v) is 18.8. The lowest BCUT2D eigenvalue weighted by molar-refractivity contribution is 0.187. The van der Waals surface area contributed by atoms with E-state index >= 15 is 0 Å². The van der Waals surface area contributed by atoms with Crippen molar-refractivity contribution in [2.45, 2.75) is 25.4 Å². The summed E-state index contributed by atoms with van der Waals surface area (Å²) in [5.41, 5.74) is 2.12. The number of likely N-dealkylation sites (tertiary alicyclic amines) is 1. The first kappa shape index (κ1) is 21.3. The van der Waals surface area contributed by atoms with Crippen LogP contribution in [0.1, 0.15) is 24.4 Å². The summed E-state index contributed by atoms with van der Waals surface area (Å²) in [5.74, 6) is 1.00. The molecule has 2 aromatic carbocycles. The monoisotopic (exact) mass is 439 g/mol. The first-order valence-corrected chi connectivity index (χ1v) is 11.7. The van der Waals surface area contributed by atoms with Gasteiger partial charge in [-0.25, -0.2) is 9.97 Å². The van der Waals surface area contributed by atoms with Crippen LogP contribution in [0.4, 0.5) is 5.82 Å². The van der Waals surface area contributed by atoms with Crippen molar-refractivity contribution in [3.05, 3.63) is 101 Å². The van der Waals surface area contributed by atoms with Crippen molar-refractivity contribution in [1.82, 2.24) is 19.4 Å². The number of anilines is 1. The van der Waals surface area contributed by atoms with Crippen molar-refractivity contribution in [2.75, 3.05) is 31.1 Å². The molecule has 0 saturated carbocycles. The van der Waals surface area contributed by atoms with Gasteiger partial charge in [0.15, 0.2) is 0 Å². The number of hydrogen-bond acceptors (Lipinski definition) is 5. The fourth-order valence-corrected chi connectivity index (χ4v) is 4.65. The van der Waals surface area contributed by atoms with E-state index in [1.54, 1.807) is 6.33 Å². The standard InChI is InChI=1S/C27H29N5O/c33-27-24-10-4-5-11-25(24)29-21-32(27)23-13-16-30(17-14-23)18-19-31(26-12-6-7-15-28-26)20-22-8-2-1-3-9-22/h1-12,15,21,23H,13-14,16-20H2. The van der Waals surface area contributed by atoms with E-state index in [0.29, 0.717) is 5.39 Å². The highest BCUT2D eigenvalue weighted by atomic mass is 16.1. The van der Waals surface area contributed by atoms with Crippen molar-refractivity contribution in [3.63, 3.8) is 0 Å². The summed E-state index contributed by atoms with van der Waals surface area (Å²) in [7, 11) is 0. The first-order valence-electron chi connectivity index (χ1n) is 11.7. The fourth-order valence-electron chi connectivity index (χ4n) is 4.65. The Morgan fingerprint density at radius 2 is 1.64 bits per heavy atom. The molecule has 0 N–H and O–H groups in total. The normalized spacial score (nSPS) is 15.0. The molecule has 0 bridgehead atoms. The molecule has 1 fully saturated rings. The largest absolute Gasteiger partial charge is 0.351 e. The topological polar surface area (TPSA) is 54.3 Å². The second-order valence-electron chi connectivity index (χ2n) is 8.64. The number of pyridine rings is 1. The Morgan fingerprint density at radius 1 is 0.879 bits per heavy atom. The Morgan fingerprint density at radius 3 is 2.42 bits per heavy atom. The lowest BCUT2D eigenvalue weighted by Crippen LogP contribution is -2.41. The van der Waals surface area contributed by atoms with Gasteiger partial charge in [0.05, 0.1) is 17.2 Å². The van der Waals surface area contributed by atoms with Crippen LogP contribution in [0.2, 0.25) is 0 Å². The number of para-hydroxylation sites is 1. The fraction of sp³-hybridized carbons (Fsp3) is 0.296. The van der Waals surface area contributed by atoms with Gasteiger partial charge in [0.25, 0.3) is 5.56 Å². The predicted octanol–water partition coefficient (Wildman–Crippen LogP) is 4.14. The molecule has 0 radical (unpaired) electrons. The molecule has 0 amide bonds. The Hall–Kier alpha value is -3.51. The zero-order chi connectivity index (χ0) is 22.5. The van der Waals surface area contributed by atoms with Crippen molar-refractivity contribution >= 4 is 16.7 Å². The zero-order valence-electron chi connectivity index (χ0n) is 18.8. The van der Waals surface area contributed by atoms with Gasteiger partial charge in [0.1, 0.15) is 5.82 Å². The Labute approximate surface area is 194 Å². The maximum absolute atomic E-state index is 13.0. The van der Waals surface area contributed by atoms with E-state index < -0.39 is 0 Å². The van der Waals surface area contributed by atoms with Crippen molar-refractivity contribution in [3.8, 4) is 0 Å². The van der Waals surface area contributed by atoms with Crippen LogP contribution >= 0.6 is 0 Å². The highest BCUT2D eigenvalue weighted by Gasteiger charge is 2.22. The van der Waals surface area contributed by atoms with Gasteiger partial charge in [-0.3, -0.25) is 9.36 Å². The Bertz CT molecular complexity index is 1230. The van der Waals surface area contributed by atoms with Gasteiger partial charge in [0.2, 0.25) is 0 Å². The molecular weight excluding hydrogens is 410 g/mol. The number of benzene rings is 2. The van der Waals surface area contributed by atoms with E-state index in [9.17, 15) is 4.79 Å². The second kappa shape index (κ2) is 9.96. The number of fused-ring (bicyclic) bond motifs is 1. The molecule has 2 aromatic heterocycles. The van der Waals surface area contributed by atoms with Crippen LogP contribution < -0.4 is 10.5 Å². The van der Waals surface area contributed by atoms with Gasteiger partial charge in [-0.1, -0.05) is 48.5 Å². The summed E-state index contributed by atoms with van der Waals surface area (Å²) in [6, 6.07) is 24.4. The summed E-state index contributed by atoms with van der Waals surface area (Å²) < 4.78 is 1.84. The van der Waals surface area contributed by atoms with E-state index in [-0.39, 0.29) is 11.6 Å². The van der Waals surface area contributed by atoms with Gasteiger partial charge in [-0.05, 0) is 42.7 Å². The summed E-state index contributed by atoms with van der Waals surface area (Å²) in [5, 5.41) is 0.703. The van der Waals surface area contributed by atoms with E-state index in [1.807, 2.05) is 47.2 Å². The third-order valence-electron chi connectivity index (χ3n) is 6.52. The van der Waals surface area contributed by atoms with Crippen LogP contribution in [0.15, 0.2) is 90.1 Å². The average molecular weight is 440 g/mol. The van der Waals surface area contributed by atoms with E-state index in [2.05, 4.69) is 56.2 Å². The number of aromatic nitrogens is 3. The maximum Gasteiger partial charge on any atom is 0.261 e. The molecule has 0 spiro atoms. The second-order valence-corrected chi connectivity index (χ2v) is 8.64. The molecule has 1 saturated heterocycles. The molecular formula is C27H29N5O. The van der Waals surface area contributed by atoms with Crippen molar-refractivity contribution in [1.29, 1.82) is 0 Å². The van der Waals surface area contributed by atoms with Gasteiger partial charge in [-0.15, -0.1) is 0 Å². The quantitative estimate of drug-likeness (QED) is 0.433. The number of hydrogen-bond donors (Lipinski definition) is 0. The molecule has 3 heterocycles. The third kappa shape index (κ3) is 4.96. The van der Waals surface area contributed by atoms with Crippen LogP contribution in [-0.2, 0) is 6.54 Å². The molecule has 1 aliphatic rings. The highest BCUT2D eigenvalue weighted by molar-refractivity contribution is 5.76. The molecule has 0 aliphatic carbocycles. The molecule has 4 aromatic rings. The molecule has 1 aliphatic heterocycles. The van der Waals surface area contributed by atoms with Gasteiger partial charge in [0, 0.05) is 45.0 Å². The molecule has 0 atom stereocenters. The SMILES string of the molecule is O=c1c2ccccc2ncn1C1CCN(CCN(Cc2ccccc2)c2ccccn2)CC1. The number of nitrogens with zero attached hydrogens (tertiary/aromatic N) is 5. The van der Waals surface area contributed by atoms with E-state index in [1.165, 1.54) is 5.56 Å². The van der Waals surface area contributed by atoms with Crippen LogP contribution in [0.5, 0.6) is 0 Å². The summed E-state index contributed by atoms with van der Waals surface area (Å²) in [6.07, 6.45) is 5.51. The van der Waals surface area contributed by atoms with E-state index in [0.717, 1.165) is 56.9 Å². The minimum absolute atomic E-state index is 0.0724.